The van der Waals surface area contributed by atoms with E-state index >= 15 is 0 Å². The zero-order valence-corrected chi connectivity index (χ0v) is 14.3. The predicted octanol–water partition coefficient (Wildman–Crippen LogP) is 3.11. The van der Waals surface area contributed by atoms with E-state index in [1.165, 1.54) is 0 Å². The molecule has 0 N–H and O–H groups in total. The number of carbonyl (C=O) groups excluding carboxylic acids is 2. The third-order valence-corrected chi connectivity index (χ3v) is 4.29. The second kappa shape index (κ2) is 6.97. The summed E-state index contributed by atoms with van der Waals surface area (Å²) in [6.07, 6.45) is 0. The van der Waals surface area contributed by atoms with E-state index in [4.69, 9.17) is 9.47 Å². The molecule has 130 valence electrons. The van der Waals surface area contributed by atoms with E-state index in [0.29, 0.717) is 0 Å². The van der Waals surface area contributed by atoms with Gasteiger partial charge in [0, 0.05) is 5.69 Å². The van der Waals surface area contributed by atoms with E-state index in [-0.39, 0.29) is 13.2 Å². The molecule has 5 heteroatoms. The highest BCUT2D eigenvalue weighted by atomic mass is 16.6. The fourth-order valence-electron chi connectivity index (χ4n) is 3.24. The van der Waals surface area contributed by atoms with Crippen molar-refractivity contribution in [1.29, 1.82) is 0 Å². The second-order valence-electron chi connectivity index (χ2n) is 5.73. The molecule has 1 heterocycles. The summed E-state index contributed by atoms with van der Waals surface area (Å²) < 4.78 is 10.5. The molecule has 1 fully saturated rings. The van der Waals surface area contributed by atoms with Crippen LogP contribution in [0.15, 0.2) is 60.7 Å². The molecule has 1 aliphatic heterocycles. The average molecular weight is 339 g/mol. The average Bonchev–Trinajstić information content (AvgIpc) is 3.35. The van der Waals surface area contributed by atoms with Gasteiger partial charge in [0.15, 0.2) is 0 Å². The molecular weight excluding hydrogens is 318 g/mol. The minimum atomic E-state index is -1.48. The van der Waals surface area contributed by atoms with Gasteiger partial charge >= 0.3 is 11.9 Å². The van der Waals surface area contributed by atoms with E-state index in [0.717, 1.165) is 11.3 Å². The first-order chi connectivity index (χ1) is 12.2. The van der Waals surface area contributed by atoms with Crippen molar-refractivity contribution in [2.24, 2.45) is 0 Å². The number of anilines is 1. The van der Waals surface area contributed by atoms with Gasteiger partial charge in [0.05, 0.1) is 13.2 Å². The van der Waals surface area contributed by atoms with E-state index in [1.54, 1.807) is 18.7 Å². The molecule has 2 aromatic rings. The number of carbonyl (C=O) groups is 2. The number of rotatable bonds is 6. The van der Waals surface area contributed by atoms with Gasteiger partial charge in [-0.2, -0.15) is 0 Å². The lowest BCUT2D eigenvalue weighted by Gasteiger charge is -2.15. The number of benzene rings is 2. The summed E-state index contributed by atoms with van der Waals surface area (Å²) in [5, 5.41) is 0. The highest BCUT2D eigenvalue weighted by Crippen LogP contribution is 2.57. The Kier molecular flexibility index (Phi) is 4.74. The van der Waals surface area contributed by atoms with Crippen LogP contribution in [0.3, 0.4) is 0 Å². The molecule has 0 spiro atoms. The van der Waals surface area contributed by atoms with Crippen LogP contribution in [0.1, 0.15) is 25.5 Å². The van der Waals surface area contributed by atoms with Gasteiger partial charge in [-0.3, -0.25) is 0 Å². The van der Waals surface area contributed by atoms with E-state index < -0.39 is 23.5 Å². The van der Waals surface area contributed by atoms with E-state index in [1.807, 2.05) is 60.7 Å². The van der Waals surface area contributed by atoms with Crippen molar-refractivity contribution >= 4 is 17.6 Å². The molecule has 0 saturated carbocycles. The first-order valence-corrected chi connectivity index (χ1v) is 8.41. The molecule has 0 aromatic heterocycles. The Morgan fingerprint density at radius 1 is 0.880 bits per heavy atom. The van der Waals surface area contributed by atoms with Crippen LogP contribution < -0.4 is 4.90 Å². The van der Waals surface area contributed by atoms with Crippen LogP contribution in [0, 0.1) is 0 Å². The van der Waals surface area contributed by atoms with Gasteiger partial charge in [-0.15, -0.1) is 0 Å². The van der Waals surface area contributed by atoms with Gasteiger partial charge < -0.3 is 14.4 Å². The van der Waals surface area contributed by atoms with Crippen molar-refractivity contribution in [3.05, 3.63) is 66.2 Å². The summed E-state index contributed by atoms with van der Waals surface area (Å²) in [5.41, 5.74) is 0.166. The Morgan fingerprint density at radius 2 is 1.36 bits per heavy atom. The Labute approximate surface area is 147 Å². The minimum absolute atomic E-state index is 0.199. The highest BCUT2D eigenvalue weighted by molar-refractivity contribution is 6.16. The molecule has 2 aromatic carbocycles. The minimum Gasteiger partial charge on any atom is -0.464 e. The van der Waals surface area contributed by atoms with Gasteiger partial charge in [-0.1, -0.05) is 48.5 Å². The molecule has 0 aliphatic carbocycles. The fraction of sp³-hybridized carbons (Fsp3) is 0.300. The van der Waals surface area contributed by atoms with Crippen LogP contribution >= 0.6 is 0 Å². The maximum absolute atomic E-state index is 12.8. The lowest BCUT2D eigenvalue weighted by atomic mass is 9.99. The van der Waals surface area contributed by atoms with E-state index in [9.17, 15) is 9.59 Å². The molecule has 25 heavy (non-hydrogen) atoms. The van der Waals surface area contributed by atoms with Crippen molar-refractivity contribution in [2.75, 3.05) is 18.1 Å². The van der Waals surface area contributed by atoms with Crippen LogP contribution in [-0.4, -0.2) is 30.7 Å². The van der Waals surface area contributed by atoms with Gasteiger partial charge in [-0.05, 0) is 31.5 Å². The van der Waals surface area contributed by atoms with Crippen molar-refractivity contribution in [3.63, 3.8) is 0 Å². The number of para-hydroxylation sites is 1. The Morgan fingerprint density at radius 3 is 1.84 bits per heavy atom. The van der Waals surface area contributed by atoms with Gasteiger partial charge in [0.1, 0.15) is 6.04 Å². The predicted molar refractivity (Wildman–Crippen MR) is 94.1 cm³/mol. The third-order valence-electron chi connectivity index (χ3n) is 4.29. The first-order valence-electron chi connectivity index (χ1n) is 8.41. The SMILES string of the molecule is CCOC(=O)C1(C(=O)OCC)C(c2ccccc2)N1c1ccccc1. The van der Waals surface area contributed by atoms with Crippen LogP contribution in [-0.2, 0) is 19.1 Å². The van der Waals surface area contributed by atoms with Crippen molar-refractivity contribution < 1.29 is 19.1 Å². The quantitative estimate of drug-likeness (QED) is 0.460. The lowest BCUT2D eigenvalue weighted by molar-refractivity contribution is -0.158. The maximum Gasteiger partial charge on any atom is 0.346 e. The summed E-state index contributed by atoms with van der Waals surface area (Å²) in [5.74, 6) is -1.16. The lowest BCUT2D eigenvalue weighted by Crippen LogP contribution is -2.41. The fourth-order valence-corrected chi connectivity index (χ4v) is 3.24. The molecule has 3 rings (SSSR count). The van der Waals surface area contributed by atoms with Gasteiger partial charge in [0.2, 0.25) is 0 Å². The zero-order valence-electron chi connectivity index (χ0n) is 14.3. The Hall–Kier alpha value is -2.82. The largest absolute Gasteiger partial charge is 0.464 e. The summed E-state index contributed by atoms with van der Waals surface area (Å²) in [7, 11) is 0. The molecule has 0 amide bonds. The highest BCUT2D eigenvalue weighted by Gasteiger charge is 2.76. The molecule has 1 saturated heterocycles. The second-order valence-corrected chi connectivity index (χ2v) is 5.73. The zero-order chi connectivity index (χ0) is 17.9. The van der Waals surface area contributed by atoms with Crippen LogP contribution in [0.25, 0.3) is 0 Å². The summed E-state index contributed by atoms with van der Waals surface area (Å²) in [6.45, 7) is 3.85. The standard InChI is InChI=1S/C20H21NO4/c1-3-24-18(22)20(19(23)25-4-2)17(15-11-7-5-8-12-15)21(20)16-13-9-6-10-14-16/h5-14,17H,3-4H2,1-2H3. The number of hydrogen-bond donors (Lipinski definition) is 0. The normalized spacial score (nSPS) is 17.7. The van der Waals surface area contributed by atoms with Crippen molar-refractivity contribution in [2.45, 2.75) is 25.4 Å². The first kappa shape index (κ1) is 17.0. The maximum atomic E-state index is 12.8. The molecular formula is C20H21NO4. The van der Waals surface area contributed by atoms with Gasteiger partial charge in [0.25, 0.3) is 5.54 Å². The van der Waals surface area contributed by atoms with Crippen LogP contribution in [0.4, 0.5) is 5.69 Å². The van der Waals surface area contributed by atoms with Crippen molar-refractivity contribution in [1.82, 2.24) is 0 Å². The molecule has 0 radical (unpaired) electrons. The summed E-state index contributed by atoms with van der Waals surface area (Å²) >= 11 is 0. The number of nitrogens with zero attached hydrogens (tertiary/aromatic N) is 1. The summed E-state index contributed by atoms with van der Waals surface area (Å²) in [4.78, 5) is 27.5. The number of esters is 2. The monoisotopic (exact) mass is 339 g/mol. The van der Waals surface area contributed by atoms with Crippen molar-refractivity contribution in [3.8, 4) is 0 Å². The Bertz CT molecular complexity index is 679. The Balaban J connectivity index is 2.11. The smallest absolute Gasteiger partial charge is 0.346 e. The third kappa shape index (κ3) is 2.76. The molecule has 1 aliphatic rings. The number of ether oxygens (including phenoxy) is 2. The summed E-state index contributed by atoms with van der Waals surface area (Å²) in [6, 6.07) is 18.4. The number of hydrogen-bond acceptors (Lipinski definition) is 5. The van der Waals surface area contributed by atoms with E-state index in [2.05, 4.69) is 0 Å². The molecule has 5 nitrogen and oxygen atoms in total. The topological polar surface area (TPSA) is 55.6 Å². The van der Waals surface area contributed by atoms with Gasteiger partial charge in [-0.25, -0.2) is 9.59 Å². The molecule has 1 unspecified atom stereocenters. The molecule has 0 bridgehead atoms. The van der Waals surface area contributed by atoms with Crippen LogP contribution in [0.2, 0.25) is 0 Å². The molecule has 1 atom stereocenters. The van der Waals surface area contributed by atoms with Crippen LogP contribution in [0.5, 0.6) is 0 Å².